The van der Waals surface area contributed by atoms with Gasteiger partial charge in [-0.05, 0) is 42.8 Å². The average molecular weight is 459 g/mol. The monoisotopic (exact) mass is 458 g/mol. The Hall–Kier alpha value is -2.78. The number of carbonyl (C=O) groups is 2. The second-order valence-corrected chi connectivity index (χ2v) is 9.84. The van der Waals surface area contributed by atoms with Crippen LogP contribution in [0.4, 0.5) is 5.69 Å². The van der Waals surface area contributed by atoms with Crippen molar-refractivity contribution in [3.63, 3.8) is 0 Å². The van der Waals surface area contributed by atoms with Gasteiger partial charge in [0.2, 0.25) is 21.8 Å². The van der Waals surface area contributed by atoms with Crippen LogP contribution in [0.1, 0.15) is 38.8 Å². The largest absolute Gasteiger partial charge is 0.339 e. The van der Waals surface area contributed by atoms with Crippen molar-refractivity contribution in [3.8, 4) is 0 Å². The van der Waals surface area contributed by atoms with E-state index in [0.29, 0.717) is 18.8 Å². The lowest BCUT2D eigenvalue weighted by Gasteiger charge is -2.27. The summed E-state index contributed by atoms with van der Waals surface area (Å²) in [6.45, 7) is 6.56. The minimum absolute atomic E-state index is 0.0991. The van der Waals surface area contributed by atoms with Gasteiger partial charge in [-0.15, -0.1) is 0 Å². The number of benzene rings is 1. The van der Waals surface area contributed by atoms with Crippen molar-refractivity contribution in [2.75, 3.05) is 31.6 Å². The maximum absolute atomic E-state index is 13.1. The number of sulfonamides is 1. The summed E-state index contributed by atoms with van der Waals surface area (Å²) in [5, 5.41) is 0. The Morgan fingerprint density at radius 2 is 1.84 bits per heavy atom. The van der Waals surface area contributed by atoms with E-state index in [1.165, 1.54) is 16.4 Å². The van der Waals surface area contributed by atoms with Gasteiger partial charge in [-0.1, -0.05) is 19.9 Å². The Morgan fingerprint density at radius 1 is 1.19 bits per heavy atom. The number of pyridine rings is 1. The van der Waals surface area contributed by atoms with Gasteiger partial charge in [0.1, 0.15) is 0 Å². The predicted molar refractivity (Wildman–Crippen MR) is 122 cm³/mol. The summed E-state index contributed by atoms with van der Waals surface area (Å²) in [4.78, 5) is 33.2. The zero-order valence-corrected chi connectivity index (χ0v) is 19.7. The third kappa shape index (κ3) is 4.68. The zero-order valence-electron chi connectivity index (χ0n) is 18.9. The summed E-state index contributed by atoms with van der Waals surface area (Å²) in [6.07, 6.45) is 3.54. The van der Waals surface area contributed by atoms with Gasteiger partial charge in [-0.3, -0.25) is 14.6 Å². The van der Waals surface area contributed by atoms with Crippen LogP contribution >= 0.6 is 0 Å². The molecule has 8 nitrogen and oxygen atoms in total. The van der Waals surface area contributed by atoms with Crippen molar-refractivity contribution in [2.45, 2.75) is 38.1 Å². The third-order valence-corrected chi connectivity index (χ3v) is 8.13. The van der Waals surface area contributed by atoms with Gasteiger partial charge >= 0.3 is 0 Å². The molecule has 0 spiro atoms. The highest BCUT2D eigenvalue weighted by molar-refractivity contribution is 7.89. The number of amides is 2. The molecule has 1 aliphatic rings. The number of rotatable bonds is 8. The summed E-state index contributed by atoms with van der Waals surface area (Å²) in [5.74, 6) is -0.700. The Labute approximate surface area is 189 Å². The molecular weight excluding hydrogens is 428 g/mol. The normalized spacial score (nSPS) is 17.6. The van der Waals surface area contributed by atoms with E-state index in [-0.39, 0.29) is 35.7 Å². The molecule has 3 rings (SSSR count). The van der Waals surface area contributed by atoms with Gasteiger partial charge in [0, 0.05) is 51.2 Å². The number of aromatic nitrogens is 1. The van der Waals surface area contributed by atoms with Crippen LogP contribution < -0.4 is 4.90 Å². The van der Waals surface area contributed by atoms with E-state index in [4.69, 9.17) is 0 Å². The first-order valence-electron chi connectivity index (χ1n) is 10.8. The van der Waals surface area contributed by atoms with Crippen LogP contribution in [0.2, 0.25) is 0 Å². The van der Waals surface area contributed by atoms with Crippen LogP contribution in [-0.4, -0.2) is 61.1 Å². The van der Waals surface area contributed by atoms with Crippen LogP contribution in [0.3, 0.4) is 0 Å². The fourth-order valence-electron chi connectivity index (χ4n) is 3.96. The second kappa shape index (κ2) is 9.79. The first-order valence-corrected chi connectivity index (χ1v) is 12.2. The minimum Gasteiger partial charge on any atom is -0.339 e. The van der Waals surface area contributed by atoms with Gasteiger partial charge < -0.3 is 9.80 Å². The van der Waals surface area contributed by atoms with Crippen molar-refractivity contribution in [1.82, 2.24) is 14.2 Å². The van der Waals surface area contributed by atoms with E-state index in [2.05, 4.69) is 4.98 Å². The summed E-state index contributed by atoms with van der Waals surface area (Å²) < 4.78 is 26.7. The van der Waals surface area contributed by atoms with Crippen molar-refractivity contribution >= 4 is 27.5 Å². The Bertz CT molecular complexity index is 1050. The Morgan fingerprint density at radius 3 is 2.41 bits per heavy atom. The van der Waals surface area contributed by atoms with Gasteiger partial charge in [0.15, 0.2) is 0 Å². The molecule has 1 aliphatic heterocycles. The maximum Gasteiger partial charge on any atom is 0.243 e. The average Bonchev–Trinajstić information content (AvgIpc) is 3.20. The van der Waals surface area contributed by atoms with E-state index in [1.54, 1.807) is 55.2 Å². The molecule has 1 saturated heterocycles. The molecule has 9 heteroatoms. The van der Waals surface area contributed by atoms with Crippen LogP contribution in [0.15, 0.2) is 53.7 Å². The minimum atomic E-state index is -3.56. The Kier molecular flexibility index (Phi) is 7.30. The lowest BCUT2D eigenvalue weighted by atomic mass is 10.0. The number of hydrogen-bond acceptors (Lipinski definition) is 5. The first-order chi connectivity index (χ1) is 15.2. The van der Waals surface area contributed by atoms with E-state index in [9.17, 15) is 18.0 Å². The van der Waals surface area contributed by atoms with Gasteiger partial charge in [0.25, 0.3) is 0 Å². The van der Waals surface area contributed by atoms with E-state index < -0.39 is 15.9 Å². The summed E-state index contributed by atoms with van der Waals surface area (Å²) in [7, 11) is -1.83. The smallest absolute Gasteiger partial charge is 0.243 e. The third-order valence-electron chi connectivity index (χ3n) is 6.06. The molecule has 2 amide bonds. The maximum atomic E-state index is 13.1. The highest BCUT2D eigenvalue weighted by Gasteiger charge is 2.37. The van der Waals surface area contributed by atoms with Crippen molar-refractivity contribution in [2.24, 2.45) is 5.92 Å². The van der Waals surface area contributed by atoms with E-state index in [0.717, 1.165) is 5.56 Å². The Balaban J connectivity index is 1.72. The summed E-state index contributed by atoms with van der Waals surface area (Å²) in [5.41, 5.74) is 1.52. The molecule has 2 aromatic rings. The molecule has 2 atom stereocenters. The first kappa shape index (κ1) is 23.9. The second-order valence-electron chi connectivity index (χ2n) is 7.90. The number of hydrogen-bond donors (Lipinski definition) is 0. The molecule has 0 N–H and O–H groups in total. The topological polar surface area (TPSA) is 90.9 Å². The van der Waals surface area contributed by atoms with Crippen LogP contribution in [0.5, 0.6) is 0 Å². The molecule has 2 unspecified atom stereocenters. The molecule has 172 valence electrons. The van der Waals surface area contributed by atoms with E-state index >= 15 is 0 Å². The number of carbonyl (C=O) groups excluding carboxylic acids is 2. The highest BCUT2D eigenvalue weighted by atomic mass is 32.2. The number of anilines is 1. The van der Waals surface area contributed by atoms with Gasteiger partial charge in [0.05, 0.1) is 16.9 Å². The van der Waals surface area contributed by atoms with Gasteiger partial charge in [-0.25, -0.2) is 8.42 Å². The standard InChI is InChI=1S/C23H30N4O4S/c1-5-26(6-2)32(30,31)21-11-9-20(10-12-21)27-16-19(14-22(27)28)23(29)25(4)17(3)18-8-7-13-24-15-18/h7-13,15,17,19H,5-6,14,16H2,1-4H3. The fourth-order valence-corrected chi connectivity index (χ4v) is 5.42. The fraction of sp³-hybridized carbons (Fsp3) is 0.435. The number of nitrogens with zero attached hydrogens (tertiary/aromatic N) is 4. The van der Waals surface area contributed by atoms with Crippen LogP contribution in [0, 0.1) is 5.92 Å². The van der Waals surface area contributed by atoms with Crippen molar-refractivity contribution in [3.05, 3.63) is 54.4 Å². The molecule has 0 radical (unpaired) electrons. The zero-order chi connectivity index (χ0) is 23.5. The molecule has 1 aromatic carbocycles. The molecule has 2 heterocycles. The lowest BCUT2D eigenvalue weighted by molar-refractivity contribution is -0.136. The predicted octanol–water partition coefficient (Wildman–Crippen LogP) is 2.68. The van der Waals surface area contributed by atoms with Crippen LogP contribution in [0.25, 0.3) is 0 Å². The molecule has 0 saturated carbocycles. The lowest BCUT2D eigenvalue weighted by Crippen LogP contribution is -2.36. The summed E-state index contributed by atoms with van der Waals surface area (Å²) in [6, 6.07) is 9.87. The molecule has 1 aromatic heterocycles. The van der Waals surface area contributed by atoms with Crippen LogP contribution in [-0.2, 0) is 19.6 Å². The highest BCUT2D eigenvalue weighted by Crippen LogP contribution is 2.29. The quantitative estimate of drug-likeness (QED) is 0.607. The van der Waals surface area contributed by atoms with Crippen molar-refractivity contribution < 1.29 is 18.0 Å². The van der Waals surface area contributed by atoms with E-state index in [1.807, 2.05) is 19.1 Å². The molecule has 0 bridgehead atoms. The molecular formula is C23H30N4O4S. The molecule has 0 aliphatic carbocycles. The van der Waals surface area contributed by atoms with Gasteiger partial charge in [-0.2, -0.15) is 4.31 Å². The summed E-state index contributed by atoms with van der Waals surface area (Å²) >= 11 is 0. The molecule has 32 heavy (non-hydrogen) atoms. The SMILES string of the molecule is CCN(CC)S(=O)(=O)c1ccc(N2CC(C(=O)N(C)C(C)c3cccnc3)CC2=O)cc1. The molecule has 1 fully saturated rings. The van der Waals surface area contributed by atoms with Crippen molar-refractivity contribution in [1.29, 1.82) is 0 Å².